The third-order valence-electron chi connectivity index (χ3n) is 4.73. The molecule has 0 aliphatic carbocycles. The Morgan fingerprint density at radius 3 is 2.39 bits per heavy atom. The second-order valence-electron chi connectivity index (χ2n) is 7.32. The number of anilines is 2. The van der Waals surface area contributed by atoms with Crippen molar-refractivity contribution in [3.63, 3.8) is 0 Å². The molecule has 0 atom stereocenters. The van der Waals surface area contributed by atoms with Gasteiger partial charge in [0.2, 0.25) is 0 Å². The van der Waals surface area contributed by atoms with Crippen molar-refractivity contribution in [1.82, 2.24) is 0 Å². The van der Waals surface area contributed by atoms with Crippen molar-refractivity contribution in [2.45, 2.75) is 25.7 Å². The van der Waals surface area contributed by atoms with E-state index in [1.807, 2.05) is 13.0 Å². The van der Waals surface area contributed by atoms with E-state index >= 15 is 0 Å². The summed E-state index contributed by atoms with van der Waals surface area (Å²) < 4.78 is 33.4. The van der Waals surface area contributed by atoms with E-state index in [2.05, 4.69) is 10.0 Å². The Morgan fingerprint density at radius 2 is 1.73 bits per heavy atom. The van der Waals surface area contributed by atoms with Crippen LogP contribution in [0.3, 0.4) is 0 Å². The molecule has 0 aliphatic heterocycles. The van der Waals surface area contributed by atoms with Crippen LogP contribution in [0.1, 0.15) is 38.8 Å². The normalized spacial score (nSPS) is 11.0. The molecular weight excluding hydrogens is 464 g/mol. The van der Waals surface area contributed by atoms with Crippen molar-refractivity contribution in [2.75, 3.05) is 16.6 Å². The van der Waals surface area contributed by atoms with E-state index in [4.69, 9.17) is 16.3 Å². The maximum Gasteiger partial charge on any atom is 0.339 e. The van der Waals surface area contributed by atoms with Gasteiger partial charge in [0.1, 0.15) is 0 Å². The highest BCUT2D eigenvalue weighted by molar-refractivity contribution is 7.92. The maximum atomic E-state index is 13.0. The summed E-state index contributed by atoms with van der Waals surface area (Å²) >= 11 is 6.14. The number of carbonyl (C=O) groups excluding carboxylic acids is 2. The molecule has 172 valence electrons. The van der Waals surface area contributed by atoms with Gasteiger partial charge in [0.05, 0.1) is 22.1 Å². The van der Waals surface area contributed by atoms with E-state index < -0.39 is 21.9 Å². The number of rotatable bonds is 7. The first-order valence-electron chi connectivity index (χ1n) is 10.1. The lowest BCUT2D eigenvalue weighted by Crippen LogP contribution is -2.17. The minimum absolute atomic E-state index is 0.00709. The second kappa shape index (κ2) is 10.1. The second-order valence-corrected chi connectivity index (χ2v) is 9.38. The van der Waals surface area contributed by atoms with Crippen LogP contribution in [0, 0.1) is 13.8 Å². The standard InChI is InChI=1S/C24H23ClN2O5S/c1-4-32-24(29)20-11-10-18(14-21(20)25)26-23(28)17-9-8-16(3)22(13-17)33(30,31)27-19-7-5-6-15(2)12-19/h5-14,27H,4H2,1-3H3,(H,26,28). The molecule has 0 radical (unpaired) electrons. The quantitative estimate of drug-likeness (QED) is 0.448. The third-order valence-corrected chi connectivity index (χ3v) is 6.57. The molecule has 2 N–H and O–H groups in total. The lowest BCUT2D eigenvalue weighted by molar-refractivity contribution is 0.0526. The Morgan fingerprint density at radius 1 is 0.970 bits per heavy atom. The summed E-state index contributed by atoms with van der Waals surface area (Å²) in [5.74, 6) is -1.09. The predicted octanol–water partition coefficient (Wildman–Crippen LogP) is 5.19. The van der Waals surface area contributed by atoms with Gasteiger partial charge in [0.15, 0.2) is 0 Å². The molecule has 33 heavy (non-hydrogen) atoms. The van der Waals surface area contributed by atoms with E-state index in [1.165, 1.54) is 30.3 Å². The Labute approximate surface area is 197 Å². The first-order valence-corrected chi connectivity index (χ1v) is 11.9. The summed E-state index contributed by atoms with van der Waals surface area (Å²) in [6.45, 7) is 5.41. The molecule has 0 aromatic heterocycles. The van der Waals surface area contributed by atoms with Crippen molar-refractivity contribution in [3.8, 4) is 0 Å². The van der Waals surface area contributed by atoms with Crippen molar-refractivity contribution in [2.24, 2.45) is 0 Å². The van der Waals surface area contributed by atoms with Gasteiger partial charge in [0, 0.05) is 16.9 Å². The first-order chi connectivity index (χ1) is 15.6. The molecule has 3 aromatic rings. The van der Waals surface area contributed by atoms with Gasteiger partial charge in [-0.25, -0.2) is 13.2 Å². The Hall–Kier alpha value is -3.36. The molecule has 0 heterocycles. The van der Waals surface area contributed by atoms with Crippen molar-refractivity contribution < 1.29 is 22.7 Å². The summed E-state index contributed by atoms with van der Waals surface area (Å²) in [5, 5.41) is 2.79. The highest BCUT2D eigenvalue weighted by Crippen LogP contribution is 2.24. The van der Waals surface area contributed by atoms with Gasteiger partial charge in [-0.05, 0) is 74.4 Å². The highest BCUT2D eigenvalue weighted by Gasteiger charge is 2.20. The van der Waals surface area contributed by atoms with Crippen LogP contribution in [0.4, 0.5) is 11.4 Å². The lowest BCUT2D eigenvalue weighted by atomic mass is 10.1. The van der Waals surface area contributed by atoms with Crippen LogP contribution in [0.25, 0.3) is 0 Å². The van der Waals surface area contributed by atoms with Gasteiger partial charge in [-0.15, -0.1) is 0 Å². The molecule has 3 rings (SSSR count). The number of esters is 1. The minimum Gasteiger partial charge on any atom is -0.462 e. The highest BCUT2D eigenvalue weighted by atomic mass is 35.5. The zero-order chi connectivity index (χ0) is 24.2. The maximum absolute atomic E-state index is 13.0. The molecule has 0 saturated carbocycles. The van der Waals surface area contributed by atoms with Gasteiger partial charge in [-0.3, -0.25) is 9.52 Å². The third kappa shape index (κ3) is 5.91. The van der Waals surface area contributed by atoms with Crippen LogP contribution in [-0.4, -0.2) is 26.9 Å². The van der Waals surface area contributed by atoms with Gasteiger partial charge in [0.25, 0.3) is 15.9 Å². The number of hydrogen-bond acceptors (Lipinski definition) is 5. The Bertz CT molecular complexity index is 1320. The molecule has 9 heteroatoms. The van der Waals surface area contributed by atoms with E-state index in [0.717, 1.165) is 5.56 Å². The molecule has 0 unspecified atom stereocenters. The topological polar surface area (TPSA) is 102 Å². The largest absolute Gasteiger partial charge is 0.462 e. The summed E-state index contributed by atoms with van der Waals surface area (Å²) in [7, 11) is -3.92. The van der Waals surface area contributed by atoms with E-state index in [9.17, 15) is 18.0 Å². The summed E-state index contributed by atoms with van der Waals surface area (Å²) in [6, 6.07) is 15.8. The minimum atomic E-state index is -3.92. The average molecular weight is 487 g/mol. The van der Waals surface area contributed by atoms with E-state index in [0.29, 0.717) is 16.9 Å². The van der Waals surface area contributed by atoms with Crippen LogP contribution >= 0.6 is 11.6 Å². The number of sulfonamides is 1. The summed E-state index contributed by atoms with van der Waals surface area (Å²) in [5.41, 5.74) is 2.51. The lowest BCUT2D eigenvalue weighted by Gasteiger charge is -2.13. The van der Waals surface area contributed by atoms with Crippen LogP contribution in [0.15, 0.2) is 65.6 Å². The van der Waals surface area contributed by atoms with Crippen molar-refractivity contribution in [1.29, 1.82) is 0 Å². The molecule has 1 amide bonds. The van der Waals surface area contributed by atoms with Gasteiger partial charge >= 0.3 is 5.97 Å². The fourth-order valence-electron chi connectivity index (χ4n) is 3.12. The Kier molecular flexibility index (Phi) is 7.40. The molecule has 0 fully saturated rings. The number of ether oxygens (including phenoxy) is 1. The molecule has 0 saturated heterocycles. The predicted molar refractivity (Wildman–Crippen MR) is 129 cm³/mol. The number of nitrogens with one attached hydrogen (secondary N) is 2. The van der Waals surface area contributed by atoms with Crippen LogP contribution in [0.5, 0.6) is 0 Å². The van der Waals surface area contributed by atoms with Crippen LogP contribution in [0.2, 0.25) is 5.02 Å². The smallest absolute Gasteiger partial charge is 0.339 e. The number of benzene rings is 3. The first kappa shape index (κ1) is 24.3. The fourth-order valence-corrected chi connectivity index (χ4v) is 4.70. The van der Waals surface area contributed by atoms with Gasteiger partial charge < -0.3 is 10.1 Å². The zero-order valence-corrected chi connectivity index (χ0v) is 19.9. The van der Waals surface area contributed by atoms with Crippen molar-refractivity contribution >= 4 is 44.9 Å². The molecule has 0 aliphatic rings. The fraction of sp³-hybridized carbons (Fsp3) is 0.167. The number of carbonyl (C=O) groups is 2. The average Bonchev–Trinajstić information content (AvgIpc) is 2.73. The summed E-state index contributed by atoms with van der Waals surface area (Å²) in [6.07, 6.45) is 0. The molecule has 0 spiro atoms. The van der Waals surface area contributed by atoms with Crippen molar-refractivity contribution in [3.05, 3.63) is 87.9 Å². The number of hydrogen-bond donors (Lipinski definition) is 2. The molecule has 7 nitrogen and oxygen atoms in total. The number of halogens is 1. The zero-order valence-electron chi connectivity index (χ0n) is 18.3. The molecule has 0 bridgehead atoms. The van der Waals surface area contributed by atoms with E-state index in [-0.39, 0.29) is 27.7 Å². The van der Waals surface area contributed by atoms with Crippen LogP contribution < -0.4 is 10.0 Å². The van der Waals surface area contributed by atoms with Gasteiger partial charge in [-0.1, -0.05) is 29.8 Å². The van der Waals surface area contributed by atoms with E-state index in [1.54, 1.807) is 38.1 Å². The van der Waals surface area contributed by atoms with Crippen LogP contribution in [-0.2, 0) is 14.8 Å². The SMILES string of the molecule is CCOC(=O)c1ccc(NC(=O)c2ccc(C)c(S(=O)(=O)Nc3cccc(C)c3)c2)cc1Cl. The summed E-state index contributed by atoms with van der Waals surface area (Å²) in [4.78, 5) is 24.6. The number of aryl methyl sites for hydroxylation is 2. The molecular formula is C24H23ClN2O5S. The monoisotopic (exact) mass is 486 g/mol. The number of amides is 1. The Balaban J connectivity index is 1.83. The van der Waals surface area contributed by atoms with Gasteiger partial charge in [-0.2, -0.15) is 0 Å². The molecule has 3 aromatic carbocycles.